The van der Waals surface area contributed by atoms with Gasteiger partial charge in [0.15, 0.2) is 6.29 Å². The average molecular weight is 488 g/mol. The molecule has 0 bridgehead atoms. The minimum atomic E-state index is -1.91. The number of rotatable bonds is 6. The summed E-state index contributed by atoms with van der Waals surface area (Å²) in [4.78, 5) is 12.0. The van der Waals surface area contributed by atoms with Gasteiger partial charge in [0, 0.05) is 12.5 Å². The third kappa shape index (κ3) is 4.58. The summed E-state index contributed by atoms with van der Waals surface area (Å²) in [5.41, 5.74) is -1.43. The standard InChI is InChI=1S/C21H28O13/c1-8-2-9-3-10(4-11(23)13(9)18(28)32-8)33-19-16(26)15(25)14(24)12(34-19)5-30-20-17(27)21(29,6-22)7-31-20/h3-4,8,12,14-17,19-20,22-27,29H,2,5-7H2,1H3. The highest BCUT2D eigenvalue weighted by atomic mass is 16.7. The van der Waals surface area contributed by atoms with Crippen LogP contribution in [-0.4, -0.2) is 116 Å². The number of cyclic esters (lactones) is 1. The highest BCUT2D eigenvalue weighted by molar-refractivity contribution is 5.95. The lowest BCUT2D eigenvalue weighted by atomic mass is 9.97. The van der Waals surface area contributed by atoms with Crippen molar-refractivity contribution in [1.29, 1.82) is 0 Å². The zero-order valence-corrected chi connectivity index (χ0v) is 18.2. The monoisotopic (exact) mass is 488 g/mol. The van der Waals surface area contributed by atoms with Crippen LogP contribution in [0.25, 0.3) is 0 Å². The van der Waals surface area contributed by atoms with Crippen molar-refractivity contribution in [3.05, 3.63) is 23.3 Å². The molecule has 34 heavy (non-hydrogen) atoms. The van der Waals surface area contributed by atoms with Crippen LogP contribution in [0.3, 0.4) is 0 Å². The number of hydrogen-bond acceptors (Lipinski definition) is 13. The summed E-state index contributed by atoms with van der Waals surface area (Å²) in [5, 5.41) is 70.4. The number of aliphatic hydroxyl groups is 6. The molecule has 0 amide bonds. The van der Waals surface area contributed by atoms with Crippen LogP contribution in [0.2, 0.25) is 0 Å². The number of esters is 1. The largest absolute Gasteiger partial charge is 0.507 e. The van der Waals surface area contributed by atoms with E-state index >= 15 is 0 Å². The number of aromatic hydroxyl groups is 1. The van der Waals surface area contributed by atoms with E-state index in [1.807, 2.05) is 0 Å². The summed E-state index contributed by atoms with van der Waals surface area (Å²) < 4.78 is 26.7. The van der Waals surface area contributed by atoms with Crippen LogP contribution in [0.15, 0.2) is 12.1 Å². The van der Waals surface area contributed by atoms with Crippen LogP contribution in [0.4, 0.5) is 0 Å². The van der Waals surface area contributed by atoms with E-state index in [1.165, 1.54) is 6.07 Å². The van der Waals surface area contributed by atoms with Gasteiger partial charge in [-0.1, -0.05) is 0 Å². The highest BCUT2D eigenvalue weighted by Crippen LogP contribution is 2.35. The summed E-state index contributed by atoms with van der Waals surface area (Å²) in [5.74, 6) is -1.03. The summed E-state index contributed by atoms with van der Waals surface area (Å²) in [6, 6.07) is 2.61. The molecule has 2 fully saturated rings. The van der Waals surface area contributed by atoms with Crippen molar-refractivity contribution in [2.75, 3.05) is 19.8 Å². The summed E-state index contributed by atoms with van der Waals surface area (Å²) >= 11 is 0. The lowest BCUT2D eigenvalue weighted by Gasteiger charge is -2.40. The molecular weight excluding hydrogens is 460 g/mol. The minimum Gasteiger partial charge on any atom is -0.507 e. The summed E-state index contributed by atoms with van der Waals surface area (Å²) in [6.07, 6.45) is -10.7. The van der Waals surface area contributed by atoms with E-state index in [1.54, 1.807) is 6.92 Å². The Morgan fingerprint density at radius 3 is 2.53 bits per heavy atom. The topological polar surface area (TPSA) is 205 Å². The fraction of sp³-hybridized carbons (Fsp3) is 0.667. The second-order valence-corrected chi connectivity index (χ2v) is 8.75. The number of carbonyl (C=O) groups excluding carboxylic acids is 1. The Bertz CT molecular complexity index is 909. The number of hydrogen-bond donors (Lipinski definition) is 7. The van der Waals surface area contributed by atoms with Gasteiger partial charge in [-0.25, -0.2) is 4.79 Å². The molecule has 0 radical (unpaired) electrons. The Morgan fingerprint density at radius 1 is 1.12 bits per heavy atom. The van der Waals surface area contributed by atoms with E-state index in [4.69, 9.17) is 23.7 Å². The lowest BCUT2D eigenvalue weighted by molar-refractivity contribution is -0.289. The molecule has 1 aromatic rings. The van der Waals surface area contributed by atoms with Crippen molar-refractivity contribution < 1.29 is 64.2 Å². The summed E-state index contributed by atoms with van der Waals surface area (Å²) in [7, 11) is 0. The van der Waals surface area contributed by atoms with Crippen molar-refractivity contribution >= 4 is 5.97 Å². The smallest absolute Gasteiger partial charge is 0.342 e. The molecule has 2 saturated heterocycles. The van der Waals surface area contributed by atoms with Crippen LogP contribution in [0.5, 0.6) is 11.5 Å². The fourth-order valence-corrected chi connectivity index (χ4v) is 4.12. The van der Waals surface area contributed by atoms with Gasteiger partial charge in [-0.3, -0.25) is 0 Å². The Labute approximate surface area is 193 Å². The summed E-state index contributed by atoms with van der Waals surface area (Å²) in [6.45, 7) is 0.104. The third-order valence-corrected chi connectivity index (χ3v) is 6.12. The molecule has 0 saturated carbocycles. The van der Waals surface area contributed by atoms with Crippen LogP contribution >= 0.6 is 0 Å². The average Bonchev–Trinajstić information content (AvgIpc) is 3.07. The SMILES string of the molecule is CC1Cc2cc(OC3OC(COC4OCC(O)(CO)C4O)C(O)C(O)C3O)cc(O)c2C(=O)O1. The van der Waals surface area contributed by atoms with Crippen LogP contribution in [0, 0.1) is 0 Å². The van der Waals surface area contributed by atoms with Crippen molar-refractivity contribution in [2.45, 2.75) is 68.1 Å². The molecule has 9 unspecified atom stereocenters. The van der Waals surface area contributed by atoms with Gasteiger partial charge in [0.25, 0.3) is 0 Å². The molecule has 3 aliphatic rings. The predicted octanol–water partition coefficient (Wildman–Crippen LogP) is -2.86. The Morgan fingerprint density at radius 2 is 1.85 bits per heavy atom. The minimum absolute atomic E-state index is 0.00949. The van der Waals surface area contributed by atoms with Gasteiger partial charge in [-0.15, -0.1) is 0 Å². The number of benzene rings is 1. The van der Waals surface area contributed by atoms with E-state index < -0.39 is 74.0 Å². The van der Waals surface area contributed by atoms with Crippen molar-refractivity contribution in [2.24, 2.45) is 0 Å². The Hall–Kier alpha value is -2.07. The van der Waals surface area contributed by atoms with Crippen LogP contribution in [0.1, 0.15) is 22.8 Å². The maximum Gasteiger partial charge on any atom is 0.342 e. The number of phenolic OH excluding ortho intramolecular Hbond substituents is 1. The number of carbonyl (C=O) groups is 1. The molecule has 0 aromatic heterocycles. The van der Waals surface area contributed by atoms with Gasteiger partial charge < -0.3 is 59.4 Å². The highest BCUT2D eigenvalue weighted by Gasteiger charge is 2.50. The number of aliphatic hydroxyl groups excluding tert-OH is 5. The van der Waals surface area contributed by atoms with Gasteiger partial charge in [-0.05, 0) is 18.6 Å². The normalized spacial score (nSPS) is 40.0. The van der Waals surface area contributed by atoms with Gasteiger partial charge in [0.2, 0.25) is 6.29 Å². The molecule has 0 spiro atoms. The molecule has 4 rings (SSSR count). The zero-order chi connectivity index (χ0) is 24.8. The van der Waals surface area contributed by atoms with E-state index in [0.29, 0.717) is 12.0 Å². The maximum absolute atomic E-state index is 12.0. The first-order valence-electron chi connectivity index (χ1n) is 10.7. The molecule has 0 aliphatic carbocycles. The van der Waals surface area contributed by atoms with Crippen molar-refractivity contribution in [3.63, 3.8) is 0 Å². The third-order valence-electron chi connectivity index (χ3n) is 6.12. The van der Waals surface area contributed by atoms with E-state index in [9.17, 15) is 40.5 Å². The Balaban J connectivity index is 1.45. The predicted molar refractivity (Wildman–Crippen MR) is 108 cm³/mol. The molecule has 3 aliphatic heterocycles. The number of ether oxygens (including phenoxy) is 5. The van der Waals surface area contributed by atoms with E-state index in [-0.39, 0.29) is 23.7 Å². The van der Waals surface area contributed by atoms with E-state index in [2.05, 4.69) is 0 Å². The maximum atomic E-state index is 12.0. The van der Waals surface area contributed by atoms with Gasteiger partial charge in [-0.2, -0.15) is 0 Å². The fourth-order valence-electron chi connectivity index (χ4n) is 4.12. The number of phenols is 1. The molecule has 3 heterocycles. The molecule has 13 heteroatoms. The van der Waals surface area contributed by atoms with Crippen LogP contribution < -0.4 is 4.74 Å². The zero-order valence-electron chi connectivity index (χ0n) is 18.2. The first-order chi connectivity index (χ1) is 16.0. The first kappa shape index (κ1) is 25.0. The van der Waals surface area contributed by atoms with E-state index in [0.717, 1.165) is 6.07 Å². The molecule has 190 valence electrons. The van der Waals surface area contributed by atoms with Gasteiger partial charge in [0.1, 0.15) is 59.3 Å². The molecule has 9 atom stereocenters. The first-order valence-corrected chi connectivity index (χ1v) is 10.7. The lowest BCUT2D eigenvalue weighted by Crippen LogP contribution is -2.60. The Kier molecular flexibility index (Phi) is 7.01. The molecule has 1 aromatic carbocycles. The second-order valence-electron chi connectivity index (χ2n) is 8.75. The van der Waals surface area contributed by atoms with Crippen molar-refractivity contribution in [3.8, 4) is 11.5 Å². The van der Waals surface area contributed by atoms with Crippen molar-refractivity contribution in [1.82, 2.24) is 0 Å². The van der Waals surface area contributed by atoms with Gasteiger partial charge >= 0.3 is 5.97 Å². The number of fused-ring (bicyclic) bond motifs is 1. The van der Waals surface area contributed by atoms with Gasteiger partial charge in [0.05, 0.1) is 19.8 Å². The molecular formula is C21H28O13. The quantitative estimate of drug-likeness (QED) is 0.202. The van der Waals surface area contributed by atoms with Crippen LogP contribution in [-0.2, 0) is 25.4 Å². The molecule has 13 nitrogen and oxygen atoms in total. The molecule has 7 N–H and O–H groups in total. The second kappa shape index (κ2) is 9.53.